The van der Waals surface area contributed by atoms with Crippen LogP contribution in [0.15, 0.2) is 534 Å². The van der Waals surface area contributed by atoms with Gasteiger partial charge in [0, 0.05) is 60.5 Å². The molecule has 0 N–H and O–H groups in total. The number of aryl methyl sites for hydroxylation is 2. The first-order chi connectivity index (χ1) is 72.7. The van der Waals surface area contributed by atoms with Crippen LogP contribution in [-0.2, 0) is 0 Å². The first-order valence-corrected chi connectivity index (χ1v) is 53.0. The molecular weight excluding hydrogens is 1830 g/mol. The Morgan fingerprint density at radius 3 is 0.639 bits per heavy atom. The summed E-state index contributed by atoms with van der Waals surface area (Å²) in [6.45, 7) is 4.31. The molecule has 688 valence electrons. The second kappa shape index (κ2) is 37.5. The molecule has 0 fully saturated rings. The van der Waals surface area contributed by atoms with Crippen LogP contribution in [-0.4, -0.2) is 0 Å². The quantitative estimate of drug-likeness (QED) is 0.101. The molecule has 0 saturated carbocycles. The van der Waals surface area contributed by atoms with Gasteiger partial charge in [-0.05, 0) is 337 Å². The third kappa shape index (κ3) is 16.3. The molecule has 0 aliphatic rings. The van der Waals surface area contributed by atoms with Crippen LogP contribution in [0, 0.1) is 13.8 Å². The van der Waals surface area contributed by atoms with Gasteiger partial charge >= 0.3 is 0 Å². The molecular formula is C144H94S3. The molecule has 0 saturated heterocycles. The van der Waals surface area contributed by atoms with Gasteiger partial charge in [-0.1, -0.05) is 442 Å². The van der Waals surface area contributed by atoms with E-state index in [1.165, 1.54) is 292 Å². The SMILES string of the molecule is Cc1ccc(-c2c3ccccc3c(-c3ccc(C)cc3)c3cc(-c4cccc(-c5ccc6sc7ccccc7c6c5)c4)ccc23)cc1.c1ccc(-c2c3ccccc3c(-c3ccc4ccccc4c3)c3ccc(-c4cccc(-c5ccc6sc7ccccc7c6c5)c4)cc23)cc1.c1ccc(-c2cccc(-c3c4ccccc4c(-c4ccccc4)c4cc(-c5cccc(-c6ccc7sc8ccccc8c7c6)c5)ccc34)c2)cc1. The van der Waals surface area contributed by atoms with Crippen molar-refractivity contribution in [3.63, 3.8) is 0 Å². The minimum atomic E-state index is 1.21. The van der Waals surface area contributed by atoms with Crippen LogP contribution in [0.3, 0.4) is 0 Å². The summed E-state index contributed by atoms with van der Waals surface area (Å²) in [5.74, 6) is 0. The van der Waals surface area contributed by atoms with Gasteiger partial charge in [0.2, 0.25) is 0 Å². The topological polar surface area (TPSA) is 0 Å². The summed E-state index contributed by atoms with van der Waals surface area (Å²) in [5, 5.41) is 25.7. The predicted octanol–water partition coefficient (Wildman–Crippen LogP) is 42.5. The summed E-state index contributed by atoms with van der Waals surface area (Å²) < 4.78 is 8.01. The predicted molar refractivity (Wildman–Crippen MR) is 641 cm³/mol. The van der Waals surface area contributed by atoms with E-state index < -0.39 is 0 Å². The normalized spacial score (nSPS) is 11.6. The Morgan fingerprint density at radius 2 is 0.299 bits per heavy atom. The summed E-state index contributed by atoms with van der Waals surface area (Å²) in [7, 11) is 0. The zero-order chi connectivity index (χ0) is 97.5. The Bertz CT molecular complexity index is 10200. The van der Waals surface area contributed by atoms with E-state index in [1.54, 1.807) is 0 Å². The van der Waals surface area contributed by atoms with Gasteiger partial charge in [-0.3, -0.25) is 0 Å². The lowest BCUT2D eigenvalue weighted by molar-refractivity contribution is 1.47. The van der Waals surface area contributed by atoms with E-state index in [2.05, 4.69) is 548 Å². The minimum absolute atomic E-state index is 1.21. The molecule has 0 unspecified atom stereocenters. The summed E-state index contributed by atoms with van der Waals surface area (Å²) in [6.07, 6.45) is 0. The van der Waals surface area contributed by atoms with Crippen LogP contribution < -0.4 is 0 Å². The third-order valence-corrected chi connectivity index (χ3v) is 33.3. The fourth-order valence-electron chi connectivity index (χ4n) is 22.8. The van der Waals surface area contributed by atoms with Crippen LogP contribution in [0.2, 0.25) is 0 Å². The Labute approximate surface area is 866 Å². The maximum atomic E-state index is 2.42. The van der Waals surface area contributed by atoms with Crippen molar-refractivity contribution in [1.29, 1.82) is 0 Å². The second-order valence-electron chi connectivity index (χ2n) is 38.8. The summed E-state index contributed by atoms with van der Waals surface area (Å²) in [6, 6.07) is 197. The standard InChI is InChI=1S/C50H32S.C48H30S.C46H32S/c1-3-13-33(14-4-1)35-17-12-20-40(30-35)50-43-23-8-7-22-42(43)49(34-15-5-2-6-16-34)46-32-38(25-27-44(46)50)36-18-11-19-37(29-36)39-26-28-48-45(31-39)41-21-9-10-24-47(41)51-48;1-2-12-32(13-3-1)47-40-18-6-7-19-41(40)48(38-22-21-31-11-4-5-14-33(31)28-38)42-25-23-36(30-44(42)47)34-15-10-16-35(27-34)37-24-26-46-43(29-37)39-17-8-9-20-45(39)49-46;1-29-14-18-31(19-15-29)45-38-11-3-4-12-39(38)46(32-20-16-30(2)17-21-32)42-28-35(22-24-40(42)45)33-8-7-9-34(26-33)36-23-25-44-41(27-36)37-10-5-6-13-43(37)47-44/h1-32H;1-30H;3-28H,1-2H3. The minimum Gasteiger partial charge on any atom is -0.135 e. The van der Waals surface area contributed by atoms with E-state index in [4.69, 9.17) is 0 Å². The van der Waals surface area contributed by atoms with Crippen molar-refractivity contribution in [1.82, 2.24) is 0 Å². The number of hydrogen-bond acceptors (Lipinski definition) is 3. The van der Waals surface area contributed by atoms with Crippen molar-refractivity contribution in [3.8, 4) is 145 Å². The van der Waals surface area contributed by atoms with Gasteiger partial charge in [-0.15, -0.1) is 34.0 Å². The molecule has 0 radical (unpaired) electrons. The molecule has 3 heterocycles. The molecule has 29 aromatic rings. The Balaban J connectivity index is 0.000000109. The van der Waals surface area contributed by atoms with E-state index >= 15 is 0 Å². The van der Waals surface area contributed by atoms with E-state index in [9.17, 15) is 0 Å². The number of benzene rings is 26. The Morgan fingerprint density at radius 1 is 0.102 bits per heavy atom. The largest absolute Gasteiger partial charge is 0.135 e. The Hall–Kier alpha value is -17.8. The van der Waals surface area contributed by atoms with Crippen molar-refractivity contribution >= 4 is 170 Å². The van der Waals surface area contributed by atoms with Gasteiger partial charge < -0.3 is 0 Å². The highest BCUT2D eigenvalue weighted by Gasteiger charge is 2.25. The summed E-state index contributed by atoms with van der Waals surface area (Å²) in [5.41, 5.74) is 34.8. The van der Waals surface area contributed by atoms with E-state index in [0.717, 1.165) is 0 Å². The zero-order valence-corrected chi connectivity index (χ0v) is 83.5. The third-order valence-electron chi connectivity index (χ3n) is 29.9. The fourth-order valence-corrected chi connectivity index (χ4v) is 26.0. The van der Waals surface area contributed by atoms with E-state index in [1.807, 2.05) is 34.0 Å². The first-order valence-electron chi connectivity index (χ1n) is 50.6. The van der Waals surface area contributed by atoms with Crippen LogP contribution in [0.1, 0.15) is 11.1 Å². The monoisotopic (exact) mass is 1920 g/mol. The van der Waals surface area contributed by atoms with Crippen molar-refractivity contribution in [2.24, 2.45) is 0 Å². The molecule has 3 heteroatoms. The van der Waals surface area contributed by atoms with Crippen LogP contribution in [0.25, 0.3) is 281 Å². The molecule has 0 atom stereocenters. The number of thiophene rings is 3. The maximum Gasteiger partial charge on any atom is 0.0355 e. The Kier molecular flexibility index (Phi) is 22.5. The lowest BCUT2D eigenvalue weighted by Crippen LogP contribution is -1.92. The van der Waals surface area contributed by atoms with Gasteiger partial charge in [-0.2, -0.15) is 0 Å². The zero-order valence-electron chi connectivity index (χ0n) is 81.0. The number of fused-ring (bicyclic) bond motifs is 16. The van der Waals surface area contributed by atoms with Crippen molar-refractivity contribution in [3.05, 3.63) is 545 Å². The second-order valence-corrected chi connectivity index (χ2v) is 42.1. The molecule has 0 nitrogen and oxygen atoms in total. The van der Waals surface area contributed by atoms with Crippen molar-refractivity contribution in [2.75, 3.05) is 0 Å². The lowest BCUT2D eigenvalue weighted by atomic mass is 9.84. The fraction of sp³-hybridized carbons (Fsp3) is 0.0139. The van der Waals surface area contributed by atoms with Gasteiger partial charge in [-0.25, -0.2) is 0 Å². The molecule has 147 heavy (non-hydrogen) atoms. The highest BCUT2D eigenvalue weighted by atomic mass is 32.1. The summed E-state index contributed by atoms with van der Waals surface area (Å²) in [4.78, 5) is 0. The van der Waals surface area contributed by atoms with Crippen molar-refractivity contribution < 1.29 is 0 Å². The molecule has 0 amide bonds. The average Bonchev–Trinajstić information content (AvgIpc) is 1.59. The summed E-state index contributed by atoms with van der Waals surface area (Å²) >= 11 is 5.60. The van der Waals surface area contributed by atoms with Gasteiger partial charge in [0.1, 0.15) is 0 Å². The van der Waals surface area contributed by atoms with Crippen LogP contribution in [0.4, 0.5) is 0 Å². The molecule has 26 aromatic carbocycles. The molecule has 3 aromatic heterocycles. The average molecular weight is 1920 g/mol. The van der Waals surface area contributed by atoms with Gasteiger partial charge in [0.15, 0.2) is 0 Å². The van der Waals surface area contributed by atoms with Gasteiger partial charge in [0.25, 0.3) is 0 Å². The lowest BCUT2D eigenvalue weighted by Gasteiger charge is -2.19. The van der Waals surface area contributed by atoms with Crippen molar-refractivity contribution in [2.45, 2.75) is 13.8 Å². The molecule has 0 aliphatic carbocycles. The molecule has 0 bridgehead atoms. The van der Waals surface area contributed by atoms with Crippen LogP contribution in [0.5, 0.6) is 0 Å². The van der Waals surface area contributed by atoms with Crippen LogP contribution >= 0.6 is 34.0 Å². The number of hydrogen-bond donors (Lipinski definition) is 0. The maximum absolute atomic E-state index is 2.42. The van der Waals surface area contributed by atoms with E-state index in [0.29, 0.717) is 0 Å². The molecule has 0 aliphatic heterocycles. The van der Waals surface area contributed by atoms with E-state index in [-0.39, 0.29) is 0 Å². The highest BCUT2D eigenvalue weighted by molar-refractivity contribution is 7.26. The number of rotatable bonds is 13. The molecule has 29 rings (SSSR count). The smallest absolute Gasteiger partial charge is 0.0355 e. The van der Waals surface area contributed by atoms with Gasteiger partial charge in [0.05, 0.1) is 0 Å². The highest BCUT2D eigenvalue weighted by Crippen LogP contribution is 2.52. The molecule has 0 spiro atoms. The first kappa shape index (κ1) is 88.2.